The van der Waals surface area contributed by atoms with E-state index < -0.39 is 33.9 Å². The van der Waals surface area contributed by atoms with Crippen molar-refractivity contribution in [1.82, 2.24) is 0 Å². The van der Waals surface area contributed by atoms with Crippen LogP contribution >= 0.6 is 0 Å². The van der Waals surface area contributed by atoms with Crippen LogP contribution in [0.1, 0.15) is 5.56 Å². The quantitative estimate of drug-likeness (QED) is 0.271. The Balaban J connectivity index is 1.48. The molecule has 0 aliphatic carbocycles. The van der Waals surface area contributed by atoms with Gasteiger partial charge in [-0.1, -0.05) is 30.3 Å². The molecule has 37 heavy (non-hydrogen) atoms. The van der Waals surface area contributed by atoms with Crippen LogP contribution < -0.4 is 16.0 Å². The number of sulfone groups is 1. The molecule has 1 aliphatic heterocycles. The van der Waals surface area contributed by atoms with Gasteiger partial charge in [0.2, 0.25) is 0 Å². The third-order valence-electron chi connectivity index (χ3n) is 5.92. The number of amides is 2. The summed E-state index contributed by atoms with van der Waals surface area (Å²) in [4.78, 5) is 27.4. The highest BCUT2D eigenvalue weighted by molar-refractivity contribution is 7.90. The summed E-state index contributed by atoms with van der Waals surface area (Å²) in [7, 11) is -3.44. The molecule has 192 valence electrons. The summed E-state index contributed by atoms with van der Waals surface area (Å²) >= 11 is 0. The van der Waals surface area contributed by atoms with Crippen LogP contribution in [0.5, 0.6) is 0 Å². The zero-order chi connectivity index (χ0) is 26.7. The van der Waals surface area contributed by atoms with E-state index in [0.717, 1.165) is 6.26 Å². The Labute approximate surface area is 214 Å². The van der Waals surface area contributed by atoms with Gasteiger partial charge in [0.1, 0.15) is 5.84 Å². The second-order valence-electron chi connectivity index (χ2n) is 8.52. The molecule has 5 N–H and O–H groups in total. The number of benzene rings is 3. The zero-order valence-corrected chi connectivity index (χ0v) is 20.7. The Bertz CT molecular complexity index is 1440. The molecule has 10 nitrogen and oxygen atoms in total. The number of aliphatic hydroxyl groups excluding tert-OH is 1. The largest absolute Gasteiger partial charge is 0.384 e. The number of nitrogens with two attached hydrogens (primary N) is 1. The molecule has 0 saturated carbocycles. The fourth-order valence-corrected chi connectivity index (χ4v) is 4.94. The van der Waals surface area contributed by atoms with E-state index in [9.17, 15) is 23.1 Å². The maximum atomic E-state index is 13.1. The molecule has 0 aromatic heterocycles. The van der Waals surface area contributed by atoms with Gasteiger partial charge in [-0.3, -0.25) is 15.0 Å². The Morgan fingerprint density at radius 1 is 1.11 bits per heavy atom. The van der Waals surface area contributed by atoms with Crippen molar-refractivity contribution in [3.05, 3.63) is 78.4 Å². The molecule has 1 heterocycles. The van der Waals surface area contributed by atoms with E-state index in [1.54, 1.807) is 60.7 Å². The molecule has 2 atom stereocenters. The second-order valence-corrected chi connectivity index (χ2v) is 10.5. The third-order valence-corrected chi connectivity index (χ3v) is 7.07. The highest BCUT2D eigenvalue weighted by atomic mass is 32.2. The van der Waals surface area contributed by atoms with Gasteiger partial charge >= 0.3 is 0 Å². The van der Waals surface area contributed by atoms with E-state index in [1.165, 1.54) is 17.0 Å². The predicted octanol–water partition coefficient (Wildman–Crippen LogP) is 1.77. The number of amidine groups is 1. The summed E-state index contributed by atoms with van der Waals surface area (Å²) < 4.78 is 29.8. The molecule has 1 saturated heterocycles. The number of hydrogen-bond acceptors (Lipinski definition) is 7. The first-order valence-corrected chi connectivity index (χ1v) is 13.2. The van der Waals surface area contributed by atoms with E-state index >= 15 is 0 Å². The first-order valence-electron chi connectivity index (χ1n) is 11.3. The van der Waals surface area contributed by atoms with E-state index in [4.69, 9.17) is 15.9 Å². The predicted molar refractivity (Wildman–Crippen MR) is 139 cm³/mol. The number of nitrogen functional groups attached to an aromatic ring is 1. The molecule has 1 fully saturated rings. The monoisotopic (exact) mass is 522 g/mol. The molecule has 0 bridgehead atoms. The number of nitrogens with one attached hydrogen (secondary N) is 2. The van der Waals surface area contributed by atoms with Crippen molar-refractivity contribution in [1.29, 1.82) is 5.41 Å². The van der Waals surface area contributed by atoms with Gasteiger partial charge in [-0.25, -0.2) is 8.42 Å². The molecule has 0 radical (unpaired) electrons. The van der Waals surface area contributed by atoms with Gasteiger partial charge in [-0.15, -0.1) is 0 Å². The summed E-state index contributed by atoms with van der Waals surface area (Å²) in [6.45, 7) is 0.322. The molecular weight excluding hydrogens is 496 g/mol. The number of morpholine rings is 1. The van der Waals surface area contributed by atoms with Crippen LogP contribution in [0.15, 0.2) is 77.7 Å². The lowest BCUT2D eigenvalue weighted by molar-refractivity contribution is -0.150. The Hall–Kier alpha value is -4.06. The number of anilines is 2. The maximum absolute atomic E-state index is 13.1. The van der Waals surface area contributed by atoms with Crippen LogP contribution in [0.2, 0.25) is 0 Å². The standard InChI is InChI=1S/C26H26N4O6S/c1-37(34,35)21-5-3-2-4-20(21)16-8-12-19(13-9-16)30-14-15-36-23(26(30)33)22(31)25(32)29-18-10-6-17(7-11-18)24(27)28/h2-13,22-23,31H,14-15H2,1H3,(H3,27,28)(H,29,32). The lowest BCUT2D eigenvalue weighted by Gasteiger charge is -2.34. The summed E-state index contributed by atoms with van der Waals surface area (Å²) in [6, 6.07) is 19.6. The number of carbonyl (C=O) groups is 2. The molecule has 3 aromatic carbocycles. The lowest BCUT2D eigenvalue weighted by atomic mass is 10.0. The molecule has 2 amide bonds. The van der Waals surface area contributed by atoms with Gasteiger partial charge in [0, 0.05) is 35.3 Å². The van der Waals surface area contributed by atoms with Gasteiger partial charge in [-0.2, -0.15) is 0 Å². The highest BCUT2D eigenvalue weighted by Crippen LogP contribution is 2.30. The average Bonchev–Trinajstić information content (AvgIpc) is 2.88. The van der Waals surface area contributed by atoms with Gasteiger partial charge < -0.3 is 25.8 Å². The van der Waals surface area contributed by atoms with Gasteiger partial charge in [-0.05, 0) is 48.0 Å². The average molecular weight is 523 g/mol. The van der Waals surface area contributed by atoms with E-state index in [0.29, 0.717) is 28.1 Å². The number of hydrogen-bond donors (Lipinski definition) is 4. The summed E-state index contributed by atoms with van der Waals surface area (Å²) in [5.74, 6) is -1.51. The van der Waals surface area contributed by atoms with E-state index in [1.807, 2.05) is 0 Å². The van der Waals surface area contributed by atoms with Crippen LogP contribution in [0.4, 0.5) is 11.4 Å². The first kappa shape index (κ1) is 26.0. The minimum atomic E-state index is -3.44. The minimum Gasteiger partial charge on any atom is -0.384 e. The second kappa shape index (κ2) is 10.5. The smallest absolute Gasteiger partial charge is 0.259 e. The number of aliphatic hydroxyl groups is 1. The Morgan fingerprint density at radius 2 is 1.76 bits per heavy atom. The summed E-state index contributed by atoms with van der Waals surface area (Å²) in [5.41, 5.74) is 7.99. The number of nitrogens with zero attached hydrogens (tertiary/aromatic N) is 1. The topological polar surface area (TPSA) is 163 Å². The minimum absolute atomic E-state index is 0.104. The number of ether oxygens (including phenoxy) is 1. The van der Waals surface area contributed by atoms with Crippen molar-refractivity contribution in [3.8, 4) is 11.1 Å². The number of carbonyl (C=O) groups excluding carboxylic acids is 2. The van der Waals surface area contributed by atoms with Crippen LogP contribution in [-0.4, -0.2) is 62.8 Å². The summed E-state index contributed by atoms with van der Waals surface area (Å²) in [6.07, 6.45) is -2.02. The first-order chi connectivity index (χ1) is 17.6. The molecular formula is C26H26N4O6S. The van der Waals surface area contributed by atoms with Gasteiger partial charge in [0.05, 0.1) is 11.5 Å². The van der Waals surface area contributed by atoms with Crippen LogP contribution in [0, 0.1) is 5.41 Å². The Kier molecular flexibility index (Phi) is 7.39. The van der Waals surface area contributed by atoms with Crippen LogP contribution in [-0.2, 0) is 24.2 Å². The summed E-state index contributed by atoms with van der Waals surface area (Å²) in [5, 5.41) is 20.5. The maximum Gasteiger partial charge on any atom is 0.259 e. The van der Waals surface area contributed by atoms with Crippen molar-refractivity contribution in [2.45, 2.75) is 17.1 Å². The van der Waals surface area contributed by atoms with E-state index in [2.05, 4.69) is 5.32 Å². The normalized spacial score (nSPS) is 16.8. The van der Waals surface area contributed by atoms with Crippen LogP contribution in [0.25, 0.3) is 11.1 Å². The molecule has 0 spiro atoms. The molecule has 3 aromatic rings. The molecule has 2 unspecified atom stereocenters. The molecule has 4 rings (SSSR count). The van der Waals surface area contributed by atoms with Crippen molar-refractivity contribution < 1.29 is 27.9 Å². The molecule has 1 aliphatic rings. The van der Waals surface area contributed by atoms with Crippen LogP contribution in [0.3, 0.4) is 0 Å². The fraction of sp³-hybridized carbons (Fsp3) is 0.192. The third kappa shape index (κ3) is 5.69. The van der Waals surface area contributed by atoms with Crippen molar-refractivity contribution in [3.63, 3.8) is 0 Å². The molecule has 11 heteroatoms. The lowest BCUT2D eigenvalue weighted by Crippen LogP contribution is -2.55. The number of rotatable bonds is 7. The van der Waals surface area contributed by atoms with Gasteiger partial charge in [0.15, 0.2) is 22.0 Å². The van der Waals surface area contributed by atoms with Crippen molar-refractivity contribution in [2.75, 3.05) is 29.6 Å². The zero-order valence-electron chi connectivity index (χ0n) is 19.9. The highest BCUT2D eigenvalue weighted by Gasteiger charge is 2.39. The SMILES string of the molecule is CS(=O)(=O)c1ccccc1-c1ccc(N2CCOC(C(O)C(=O)Nc3ccc(C(=N)N)cc3)C2=O)cc1. The van der Waals surface area contributed by atoms with Crippen molar-refractivity contribution in [2.24, 2.45) is 5.73 Å². The fourth-order valence-electron chi connectivity index (χ4n) is 4.02. The van der Waals surface area contributed by atoms with E-state index in [-0.39, 0.29) is 23.9 Å². The Morgan fingerprint density at radius 3 is 2.38 bits per heavy atom. The van der Waals surface area contributed by atoms with Crippen molar-refractivity contribution >= 4 is 38.9 Å². The van der Waals surface area contributed by atoms with Gasteiger partial charge in [0.25, 0.3) is 11.8 Å².